The van der Waals surface area contributed by atoms with Crippen LogP contribution in [0, 0.1) is 17.0 Å². The Kier molecular flexibility index (Phi) is 4.44. The van der Waals surface area contributed by atoms with Gasteiger partial charge in [0, 0.05) is 22.7 Å². The number of aliphatic imine (C=N–C) groups is 1. The first-order chi connectivity index (χ1) is 11.5. The van der Waals surface area contributed by atoms with Crippen molar-refractivity contribution in [3.63, 3.8) is 0 Å². The normalized spacial score (nSPS) is 11.1. The molecule has 120 valence electrons. The molecule has 0 amide bonds. The molecule has 24 heavy (non-hydrogen) atoms. The second-order valence-corrected chi connectivity index (χ2v) is 5.61. The lowest BCUT2D eigenvalue weighted by Crippen LogP contribution is -1.87. The quantitative estimate of drug-likeness (QED) is 0.354. The number of aryl methyl sites for hydroxylation is 1. The zero-order chi connectivity index (χ0) is 17.1. The first-order valence-electron chi connectivity index (χ1n) is 7.18. The van der Waals surface area contributed by atoms with Gasteiger partial charge in [0.2, 0.25) is 0 Å². The predicted octanol–water partition coefficient (Wildman–Crippen LogP) is 5.57. The van der Waals surface area contributed by atoms with Crippen LogP contribution in [-0.2, 0) is 0 Å². The van der Waals surface area contributed by atoms with Crippen LogP contribution < -0.4 is 0 Å². The van der Waals surface area contributed by atoms with Gasteiger partial charge in [0.1, 0.15) is 11.5 Å². The first kappa shape index (κ1) is 16.0. The Morgan fingerprint density at radius 2 is 2.00 bits per heavy atom. The molecule has 0 radical (unpaired) electrons. The number of nitro benzene ring substituents is 1. The molecule has 0 N–H and O–H groups in total. The third-order valence-electron chi connectivity index (χ3n) is 3.46. The summed E-state index contributed by atoms with van der Waals surface area (Å²) >= 11 is 6.07. The molecule has 0 fully saturated rings. The third-order valence-corrected chi connectivity index (χ3v) is 3.87. The number of hydrogen-bond acceptors (Lipinski definition) is 4. The van der Waals surface area contributed by atoms with Crippen LogP contribution in [0.1, 0.15) is 11.3 Å². The van der Waals surface area contributed by atoms with E-state index in [0.717, 1.165) is 11.3 Å². The number of halogens is 1. The van der Waals surface area contributed by atoms with E-state index in [9.17, 15) is 10.1 Å². The van der Waals surface area contributed by atoms with Crippen molar-refractivity contribution in [2.75, 3.05) is 0 Å². The topological polar surface area (TPSA) is 68.6 Å². The van der Waals surface area contributed by atoms with Crippen LogP contribution in [0.15, 0.2) is 64.0 Å². The van der Waals surface area contributed by atoms with Crippen LogP contribution in [-0.4, -0.2) is 11.1 Å². The van der Waals surface area contributed by atoms with Gasteiger partial charge < -0.3 is 4.42 Å². The largest absolute Gasteiger partial charge is 0.455 e. The van der Waals surface area contributed by atoms with Crippen molar-refractivity contribution in [1.29, 1.82) is 0 Å². The van der Waals surface area contributed by atoms with Crippen LogP contribution in [0.2, 0.25) is 5.02 Å². The molecule has 0 bridgehead atoms. The van der Waals surface area contributed by atoms with Crippen LogP contribution >= 0.6 is 11.6 Å². The second-order valence-electron chi connectivity index (χ2n) is 5.20. The zero-order valence-electron chi connectivity index (χ0n) is 12.8. The van der Waals surface area contributed by atoms with Crippen molar-refractivity contribution >= 4 is 29.2 Å². The van der Waals surface area contributed by atoms with Gasteiger partial charge in [-0.1, -0.05) is 29.8 Å². The summed E-state index contributed by atoms with van der Waals surface area (Å²) in [6.45, 7) is 1.92. The van der Waals surface area contributed by atoms with Crippen LogP contribution in [0.5, 0.6) is 0 Å². The standard InChI is InChI=1S/C18H13ClN2O3/c1-12-5-6-14(10-17(12)19)20-11-16-7-8-18(24-16)13-3-2-4-15(9-13)21(22)23/h2-11H,1H3. The van der Waals surface area contributed by atoms with Gasteiger partial charge in [-0.05, 0) is 36.8 Å². The van der Waals surface area contributed by atoms with E-state index >= 15 is 0 Å². The van der Waals surface area contributed by atoms with Gasteiger partial charge in [0.25, 0.3) is 5.69 Å². The Balaban J connectivity index is 1.83. The van der Waals surface area contributed by atoms with Crippen molar-refractivity contribution in [3.8, 4) is 11.3 Å². The van der Waals surface area contributed by atoms with Gasteiger partial charge in [-0.3, -0.25) is 15.1 Å². The average molecular weight is 341 g/mol. The summed E-state index contributed by atoms with van der Waals surface area (Å²) in [6, 6.07) is 15.3. The highest BCUT2D eigenvalue weighted by molar-refractivity contribution is 6.31. The highest BCUT2D eigenvalue weighted by atomic mass is 35.5. The zero-order valence-corrected chi connectivity index (χ0v) is 13.5. The van der Waals surface area contributed by atoms with Crippen LogP contribution in [0.4, 0.5) is 11.4 Å². The van der Waals surface area contributed by atoms with E-state index in [0.29, 0.717) is 22.1 Å². The van der Waals surface area contributed by atoms with Crippen LogP contribution in [0.3, 0.4) is 0 Å². The molecule has 3 aromatic rings. The molecule has 0 unspecified atom stereocenters. The Morgan fingerprint density at radius 1 is 1.17 bits per heavy atom. The molecule has 0 aliphatic carbocycles. The van der Waals surface area contributed by atoms with E-state index in [1.807, 2.05) is 19.1 Å². The van der Waals surface area contributed by atoms with E-state index in [1.165, 1.54) is 12.1 Å². The molecular weight excluding hydrogens is 328 g/mol. The summed E-state index contributed by atoms with van der Waals surface area (Å²) in [4.78, 5) is 14.7. The van der Waals surface area contributed by atoms with Gasteiger partial charge in [0.15, 0.2) is 0 Å². The lowest BCUT2D eigenvalue weighted by Gasteiger charge is -1.98. The van der Waals surface area contributed by atoms with Crippen molar-refractivity contribution in [2.24, 2.45) is 4.99 Å². The molecule has 5 nitrogen and oxygen atoms in total. The molecule has 2 aromatic carbocycles. The summed E-state index contributed by atoms with van der Waals surface area (Å²) < 4.78 is 5.68. The predicted molar refractivity (Wildman–Crippen MR) is 94.2 cm³/mol. The maximum absolute atomic E-state index is 10.8. The molecule has 0 spiro atoms. The van der Waals surface area contributed by atoms with Gasteiger partial charge in [-0.2, -0.15) is 0 Å². The minimum Gasteiger partial charge on any atom is -0.455 e. The van der Waals surface area contributed by atoms with E-state index < -0.39 is 4.92 Å². The number of nitro groups is 1. The number of nitrogens with zero attached hydrogens (tertiary/aromatic N) is 2. The SMILES string of the molecule is Cc1ccc(N=Cc2ccc(-c3cccc([N+](=O)[O-])c3)o2)cc1Cl. The average Bonchev–Trinajstić information content (AvgIpc) is 3.05. The number of non-ortho nitro benzene ring substituents is 1. The molecule has 0 atom stereocenters. The summed E-state index contributed by atoms with van der Waals surface area (Å²) in [6.07, 6.45) is 1.59. The van der Waals surface area contributed by atoms with Crippen molar-refractivity contribution in [2.45, 2.75) is 6.92 Å². The fraction of sp³-hybridized carbons (Fsp3) is 0.0556. The van der Waals surface area contributed by atoms with Gasteiger partial charge >= 0.3 is 0 Å². The highest BCUT2D eigenvalue weighted by Gasteiger charge is 2.09. The molecule has 3 rings (SSSR count). The molecule has 6 heteroatoms. The number of furan rings is 1. The van der Waals surface area contributed by atoms with Crippen molar-refractivity contribution in [1.82, 2.24) is 0 Å². The number of rotatable bonds is 4. The Hall–Kier alpha value is -2.92. The monoisotopic (exact) mass is 340 g/mol. The first-order valence-corrected chi connectivity index (χ1v) is 7.55. The number of benzene rings is 2. The molecule has 1 heterocycles. The fourth-order valence-corrected chi connectivity index (χ4v) is 2.33. The second kappa shape index (κ2) is 6.68. The third kappa shape index (κ3) is 3.52. The minimum absolute atomic E-state index is 0.0217. The van der Waals surface area contributed by atoms with Gasteiger partial charge in [-0.15, -0.1) is 0 Å². The maximum Gasteiger partial charge on any atom is 0.270 e. The summed E-state index contributed by atoms with van der Waals surface area (Å²) in [5, 5.41) is 11.5. The Morgan fingerprint density at radius 3 is 2.75 bits per heavy atom. The summed E-state index contributed by atoms with van der Waals surface area (Å²) in [7, 11) is 0. The lowest BCUT2D eigenvalue weighted by atomic mass is 10.1. The Labute approximate surface area is 143 Å². The molecule has 0 aliphatic heterocycles. The van der Waals surface area contributed by atoms with Gasteiger partial charge in [0.05, 0.1) is 16.8 Å². The van der Waals surface area contributed by atoms with E-state index in [2.05, 4.69) is 4.99 Å². The van der Waals surface area contributed by atoms with Gasteiger partial charge in [-0.25, -0.2) is 0 Å². The fourth-order valence-electron chi connectivity index (χ4n) is 2.15. The number of hydrogen-bond donors (Lipinski definition) is 0. The summed E-state index contributed by atoms with van der Waals surface area (Å²) in [5.41, 5.74) is 2.37. The maximum atomic E-state index is 10.8. The van der Waals surface area contributed by atoms with Crippen LogP contribution in [0.25, 0.3) is 11.3 Å². The van der Waals surface area contributed by atoms with Crippen molar-refractivity contribution in [3.05, 3.63) is 81.1 Å². The molecule has 0 saturated carbocycles. The molecule has 0 aliphatic rings. The van der Waals surface area contributed by atoms with Crippen molar-refractivity contribution < 1.29 is 9.34 Å². The van der Waals surface area contributed by atoms with E-state index in [4.69, 9.17) is 16.0 Å². The smallest absolute Gasteiger partial charge is 0.270 e. The molecule has 1 aromatic heterocycles. The molecular formula is C18H13ClN2O3. The van der Waals surface area contributed by atoms with E-state index in [1.54, 1.807) is 36.5 Å². The van der Waals surface area contributed by atoms with E-state index in [-0.39, 0.29) is 5.69 Å². The lowest BCUT2D eigenvalue weighted by molar-refractivity contribution is -0.384. The molecule has 0 saturated heterocycles. The minimum atomic E-state index is -0.435. The Bertz CT molecular complexity index is 932. The highest BCUT2D eigenvalue weighted by Crippen LogP contribution is 2.26. The summed E-state index contributed by atoms with van der Waals surface area (Å²) in [5.74, 6) is 1.09.